The van der Waals surface area contributed by atoms with E-state index in [1.54, 1.807) is 11.3 Å². The van der Waals surface area contributed by atoms with Crippen molar-refractivity contribution in [3.8, 4) is 0 Å². The van der Waals surface area contributed by atoms with Crippen molar-refractivity contribution < 1.29 is 14.3 Å². The van der Waals surface area contributed by atoms with Crippen LogP contribution in [-0.2, 0) is 11.3 Å². The minimum Gasteiger partial charge on any atom is -0.457 e. The first-order chi connectivity index (χ1) is 10.6. The summed E-state index contributed by atoms with van der Waals surface area (Å²) in [7, 11) is 0. The second-order valence-electron chi connectivity index (χ2n) is 4.77. The molecule has 5 heteroatoms. The first-order valence-corrected chi connectivity index (χ1v) is 7.55. The molecule has 0 aliphatic rings. The smallest absolute Gasteiger partial charge is 0.338 e. The quantitative estimate of drug-likeness (QED) is 0.751. The number of rotatable bonds is 4. The van der Waals surface area contributed by atoms with Crippen LogP contribution >= 0.6 is 11.3 Å². The first-order valence-electron chi connectivity index (χ1n) is 6.67. The number of esters is 1. The molecule has 0 atom stereocenters. The highest BCUT2D eigenvalue weighted by Gasteiger charge is 2.10. The Labute approximate surface area is 131 Å². The van der Waals surface area contributed by atoms with Gasteiger partial charge in [0.15, 0.2) is 0 Å². The highest BCUT2D eigenvalue weighted by molar-refractivity contribution is 7.17. The van der Waals surface area contributed by atoms with Gasteiger partial charge in [0.1, 0.15) is 6.61 Å². The molecule has 2 N–H and O–H groups in total. The molecule has 1 heterocycles. The molecule has 0 saturated carbocycles. The summed E-state index contributed by atoms with van der Waals surface area (Å²) >= 11 is 1.62. The Bertz CT molecular complexity index is 836. The third-order valence-corrected chi connectivity index (χ3v) is 4.34. The van der Waals surface area contributed by atoms with Crippen molar-refractivity contribution in [3.05, 3.63) is 70.6 Å². The van der Waals surface area contributed by atoms with Gasteiger partial charge < -0.3 is 10.5 Å². The summed E-state index contributed by atoms with van der Waals surface area (Å²) in [5.74, 6) is -0.948. The van der Waals surface area contributed by atoms with Crippen molar-refractivity contribution in [1.29, 1.82) is 0 Å². The number of amides is 1. The molecule has 0 bridgehead atoms. The van der Waals surface area contributed by atoms with Crippen LogP contribution in [-0.4, -0.2) is 11.9 Å². The highest BCUT2D eigenvalue weighted by atomic mass is 32.1. The lowest BCUT2D eigenvalue weighted by Gasteiger charge is -2.05. The van der Waals surface area contributed by atoms with Crippen LogP contribution in [0.4, 0.5) is 0 Å². The maximum absolute atomic E-state index is 12.0. The van der Waals surface area contributed by atoms with Gasteiger partial charge in [-0.25, -0.2) is 4.79 Å². The lowest BCUT2D eigenvalue weighted by molar-refractivity contribution is 0.0474. The summed E-state index contributed by atoms with van der Waals surface area (Å²) in [5, 5.41) is 3.10. The van der Waals surface area contributed by atoms with Crippen LogP contribution in [0.15, 0.2) is 53.9 Å². The Morgan fingerprint density at radius 2 is 1.68 bits per heavy atom. The number of fused-ring (bicyclic) bond motifs is 1. The van der Waals surface area contributed by atoms with Gasteiger partial charge in [-0.15, -0.1) is 11.3 Å². The van der Waals surface area contributed by atoms with Crippen molar-refractivity contribution in [2.75, 3.05) is 0 Å². The average molecular weight is 311 g/mol. The number of benzene rings is 2. The third kappa shape index (κ3) is 2.84. The maximum Gasteiger partial charge on any atom is 0.338 e. The molecule has 0 aliphatic heterocycles. The van der Waals surface area contributed by atoms with Gasteiger partial charge in [-0.05, 0) is 41.1 Å². The molecule has 3 aromatic rings. The molecule has 1 amide bonds. The van der Waals surface area contributed by atoms with Crippen LogP contribution in [0.25, 0.3) is 10.1 Å². The monoisotopic (exact) mass is 311 g/mol. The Morgan fingerprint density at radius 3 is 2.41 bits per heavy atom. The fraction of sp³-hybridized carbons (Fsp3) is 0.0588. The van der Waals surface area contributed by atoms with Gasteiger partial charge in [0.25, 0.3) is 0 Å². The second kappa shape index (κ2) is 5.99. The number of carbonyl (C=O) groups excluding carboxylic acids is 2. The van der Waals surface area contributed by atoms with Gasteiger partial charge in [-0.2, -0.15) is 0 Å². The van der Waals surface area contributed by atoms with E-state index < -0.39 is 11.9 Å². The molecule has 0 unspecified atom stereocenters. The van der Waals surface area contributed by atoms with Crippen molar-refractivity contribution in [2.24, 2.45) is 5.73 Å². The van der Waals surface area contributed by atoms with Crippen molar-refractivity contribution >= 4 is 33.3 Å². The summed E-state index contributed by atoms with van der Waals surface area (Å²) in [6.07, 6.45) is 0. The van der Waals surface area contributed by atoms with Crippen LogP contribution in [0, 0.1) is 0 Å². The Kier molecular flexibility index (Phi) is 3.89. The van der Waals surface area contributed by atoms with E-state index in [0.29, 0.717) is 11.1 Å². The Hall–Kier alpha value is -2.66. The van der Waals surface area contributed by atoms with E-state index in [9.17, 15) is 9.59 Å². The number of hydrogen-bond acceptors (Lipinski definition) is 4. The third-order valence-electron chi connectivity index (χ3n) is 3.33. The van der Waals surface area contributed by atoms with Crippen molar-refractivity contribution in [1.82, 2.24) is 0 Å². The summed E-state index contributed by atoms with van der Waals surface area (Å²) in [5.41, 5.74) is 6.90. The molecule has 0 spiro atoms. The molecule has 110 valence electrons. The Balaban J connectivity index is 1.70. The molecule has 4 nitrogen and oxygen atoms in total. The molecule has 2 aromatic carbocycles. The zero-order valence-electron chi connectivity index (χ0n) is 11.6. The van der Waals surface area contributed by atoms with E-state index in [4.69, 9.17) is 10.5 Å². The van der Waals surface area contributed by atoms with Crippen molar-refractivity contribution in [3.63, 3.8) is 0 Å². The first kappa shape index (κ1) is 14.3. The largest absolute Gasteiger partial charge is 0.457 e. The average Bonchev–Trinajstić information content (AvgIpc) is 2.96. The minimum absolute atomic E-state index is 0.223. The van der Waals surface area contributed by atoms with Crippen LogP contribution in [0.2, 0.25) is 0 Å². The molecular formula is C17H13NO3S. The van der Waals surface area contributed by atoms with Crippen molar-refractivity contribution in [2.45, 2.75) is 6.61 Å². The van der Waals surface area contributed by atoms with Gasteiger partial charge in [0, 0.05) is 15.8 Å². The lowest BCUT2D eigenvalue weighted by Crippen LogP contribution is -2.11. The topological polar surface area (TPSA) is 69.4 Å². The second-order valence-corrected chi connectivity index (χ2v) is 5.69. The number of ether oxygens (including phenoxy) is 1. The molecule has 0 aliphatic carbocycles. The summed E-state index contributed by atoms with van der Waals surface area (Å²) in [6.45, 7) is 0.223. The zero-order valence-corrected chi connectivity index (χ0v) is 12.4. The lowest BCUT2D eigenvalue weighted by atomic mass is 10.1. The fourth-order valence-electron chi connectivity index (χ4n) is 2.14. The van der Waals surface area contributed by atoms with E-state index >= 15 is 0 Å². The molecule has 3 rings (SSSR count). The number of thiophene rings is 1. The fourth-order valence-corrected chi connectivity index (χ4v) is 3.09. The maximum atomic E-state index is 12.0. The highest BCUT2D eigenvalue weighted by Crippen LogP contribution is 2.26. The van der Waals surface area contributed by atoms with Gasteiger partial charge in [0.05, 0.1) is 5.56 Å². The van der Waals surface area contributed by atoms with E-state index in [1.165, 1.54) is 29.0 Å². The van der Waals surface area contributed by atoms with E-state index in [2.05, 4.69) is 0 Å². The summed E-state index contributed by atoms with van der Waals surface area (Å²) in [6, 6.07) is 14.1. The molecule has 0 radical (unpaired) electrons. The number of nitrogens with two attached hydrogens (primary N) is 1. The van der Waals surface area contributed by atoms with Gasteiger partial charge in [-0.3, -0.25) is 4.79 Å². The van der Waals surface area contributed by atoms with E-state index in [1.807, 2.05) is 29.6 Å². The molecule has 0 saturated heterocycles. The van der Waals surface area contributed by atoms with Gasteiger partial charge in [-0.1, -0.05) is 18.2 Å². The van der Waals surface area contributed by atoms with Crippen LogP contribution in [0.5, 0.6) is 0 Å². The van der Waals surface area contributed by atoms with E-state index in [0.717, 1.165) is 10.9 Å². The standard InChI is InChI=1S/C17H13NO3S/c18-16(19)11-5-7-12(8-6-11)17(20)21-9-13-10-22-15-4-2-1-3-14(13)15/h1-8,10H,9H2,(H2,18,19). The minimum atomic E-state index is -0.523. The molecule has 0 fully saturated rings. The van der Waals surface area contributed by atoms with Gasteiger partial charge >= 0.3 is 5.97 Å². The number of hydrogen-bond donors (Lipinski definition) is 1. The normalized spacial score (nSPS) is 10.5. The molecular weight excluding hydrogens is 298 g/mol. The zero-order chi connectivity index (χ0) is 15.5. The molecule has 22 heavy (non-hydrogen) atoms. The molecule has 1 aromatic heterocycles. The Morgan fingerprint density at radius 1 is 1.00 bits per heavy atom. The SMILES string of the molecule is NC(=O)c1ccc(C(=O)OCc2csc3ccccc23)cc1. The number of carbonyl (C=O) groups is 2. The summed E-state index contributed by atoms with van der Waals surface area (Å²) in [4.78, 5) is 23.0. The van der Waals surface area contributed by atoms with Crippen LogP contribution < -0.4 is 5.73 Å². The predicted octanol–water partition coefficient (Wildman–Crippen LogP) is 3.36. The van der Waals surface area contributed by atoms with Crippen LogP contribution in [0.3, 0.4) is 0 Å². The summed E-state index contributed by atoms with van der Waals surface area (Å²) < 4.78 is 6.50. The van der Waals surface area contributed by atoms with Gasteiger partial charge in [0.2, 0.25) is 5.91 Å². The predicted molar refractivity (Wildman–Crippen MR) is 85.9 cm³/mol. The van der Waals surface area contributed by atoms with Crippen LogP contribution in [0.1, 0.15) is 26.3 Å². The number of primary amides is 1. The van der Waals surface area contributed by atoms with E-state index in [-0.39, 0.29) is 6.61 Å².